The Morgan fingerprint density at radius 3 is 2.52 bits per heavy atom. The minimum Gasteiger partial charge on any atom is -0.480 e. The van der Waals surface area contributed by atoms with Crippen LogP contribution in [0.5, 0.6) is 0 Å². The Hall–Kier alpha value is -3.76. The number of nitrogens with zero attached hydrogens (tertiary/aromatic N) is 1. The molecule has 2 aromatic carbocycles. The molecule has 1 aromatic heterocycles. The maximum absolute atomic E-state index is 16.0. The van der Waals surface area contributed by atoms with Crippen molar-refractivity contribution in [2.24, 2.45) is 0 Å². The maximum Gasteiger partial charge on any atom is 0.323 e. The minimum absolute atomic E-state index is 0.122. The van der Waals surface area contributed by atoms with Crippen LogP contribution in [0.3, 0.4) is 0 Å². The number of aromatic nitrogens is 1. The molecule has 2 heterocycles. The zero-order chi connectivity index (χ0) is 31.9. The van der Waals surface area contributed by atoms with Gasteiger partial charge in [0.05, 0.1) is 16.7 Å². The lowest BCUT2D eigenvalue weighted by Crippen LogP contribution is -2.49. The van der Waals surface area contributed by atoms with Crippen molar-refractivity contribution >= 4 is 32.8 Å². The Bertz CT molecular complexity index is 1660. The molecular weight excluding hydrogens is 598 g/mol. The molecule has 3 aromatic rings. The molecule has 0 bridgehead atoms. The van der Waals surface area contributed by atoms with Crippen LogP contribution in [0.15, 0.2) is 47.4 Å². The number of nitrogens with one attached hydrogen (secondary N) is 5. The number of aryl methyl sites for hydroxylation is 2. The van der Waals surface area contributed by atoms with Crippen LogP contribution in [-0.2, 0) is 34.3 Å². The molecule has 1 fully saturated rings. The quantitative estimate of drug-likeness (QED) is 0.143. The summed E-state index contributed by atoms with van der Waals surface area (Å²) in [6, 6.07) is 8.42. The molecule has 0 spiro atoms. The van der Waals surface area contributed by atoms with Gasteiger partial charge in [-0.1, -0.05) is 43.7 Å². The van der Waals surface area contributed by atoms with Crippen molar-refractivity contribution in [2.45, 2.75) is 51.6 Å². The third-order valence-corrected chi connectivity index (χ3v) is 8.71. The van der Waals surface area contributed by atoms with Crippen molar-refractivity contribution in [3.8, 4) is 0 Å². The van der Waals surface area contributed by atoms with Crippen LogP contribution >= 0.6 is 0 Å². The number of unbranched alkanes of at least 4 members (excludes halogenated alkanes) is 1. The van der Waals surface area contributed by atoms with Gasteiger partial charge in [0.1, 0.15) is 23.7 Å². The summed E-state index contributed by atoms with van der Waals surface area (Å²) in [5, 5.41) is 20.6. The van der Waals surface area contributed by atoms with Crippen molar-refractivity contribution in [3.63, 3.8) is 0 Å². The second kappa shape index (κ2) is 14.8. The summed E-state index contributed by atoms with van der Waals surface area (Å²) in [5.41, 5.74) is -1.00. The maximum atomic E-state index is 16.0. The van der Waals surface area contributed by atoms with Gasteiger partial charge < -0.3 is 15.0 Å². The van der Waals surface area contributed by atoms with Gasteiger partial charge in [-0.15, -0.1) is 0 Å². The molecule has 0 saturated carbocycles. The fourth-order valence-electron chi connectivity index (χ4n) is 4.85. The molecule has 1 atom stereocenters. The van der Waals surface area contributed by atoms with Crippen LogP contribution in [0.1, 0.15) is 41.3 Å². The summed E-state index contributed by atoms with van der Waals surface area (Å²) in [7, 11) is -3.95. The molecule has 6 N–H and O–H groups in total. The predicted molar refractivity (Wildman–Crippen MR) is 160 cm³/mol. The van der Waals surface area contributed by atoms with Crippen LogP contribution < -0.4 is 31.4 Å². The first-order chi connectivity index (χ1) is 21.0. The van der Waals surface area contributed by atoms with Gasteiger partial charge in [-0.05, 0) is 24.5 Å². The summed E-state index contributed by atoms with van der Waals surface area (Å²) in [5.74, 6) is -4.76. The molecule has 1 saturated heterocycles. The number of carbonyl (C=O) groups excluding carboxylic acids is 1. The molecule has 4 rings (SSSR count). The van der Waals surface area contributed by atoms with Crippen molar-refractivity contribution in [2.75, 3.05) is 25.4 Å². The zero-order valence-electron chi connectivity index (χ0n) is 24.2. The molecule has 238 valence electrons. The monoisotopic (exact) mass is 634 g/mol. The number of pyridine rings is 1. The van der Waals surface area contributed by atoms with Crippen LogP contribution in [0, 0.1) is 11.6 Å². The van der Waals surface area contributed by atoms with E-state index >= 15 is 8.78 Å². The van der Waals surface area contributed by atoms with E-state index in [1.54, 1.807) is 6.92 Å². The molecule has 1 aliphatic heterocycles. The first-order valence-electron chi connectivity index (χ1n) is 14.3. The highest BCUT2D eigenvalue weighted by atomic mass is 32.2. The highest BCUT2D eigenvalue weighted by Gasteiger charge is 2.27. The molecule has 0 radical (unpaired) electrons. The lowest BCUT2D eigenvalue weighted by atomic mass is 10.0. The van der Waals surface area contributed by atoms with E-state index in [2.05, 4.69) is 21.3 Å². The summed E-state index contributed by atoms with van der Waals surface area (Å²) < 4.78 is 59.1. The van der Waals surface area contributed by atoms with Crippen molar-refractivity contribution in [1.29, 1.82) is 0 Å². The van der Waals surface area contributed by atoms with Gasteiger partial charge in [0, 0.05) is 44.5 Å². The number of amides is 1. The van der Waals surface area contributed by atoms with E-state index in [4.69, 9.17) is 0 Å². The van der Waals surface area contributed by atoms with E-state index < -0.39 is 57.1 Å². The highest BCUT2D eigenvalue weighted by Crippen LogP contribution is 2.24. The summed E-state index contributed by atoms with van der Waals surface area (Å²) in [4.78, 5) is 38.3. The molecule has 15 heteroatoms. The van der Waals surface area contributed by atoms with E-state index in [-0.39, 0.29) is 41.6 Å². The van der Waals surface area contributed by atoms with E-state index in [1.165, 1.54) is 4.57 Å². The number of aliphatic carboxylic acids is 1. The van der Waals surface area contributed by atoms with Gasteiger partial charge in [-0.3, -0.25) is 30.3 Å². The van der Waals surface area contributed by atoms with Gasteiger partial charge in [-0.25, -0.2) is 17.2 Å². The molecular formula is C29H36F2N6O6S. The van der Waals surface area contributed by atoms with Crippen LogP contribution in [-0.4, -0.2) is 67.7 Å². The molecule has 1 aliphatic rings. The smallest absolute Gasteiger partial charge is 0.323 e. The van der Waals surface area contributed by atoms with Crippen LogP contribution in [0.25, 0.3) is 10.9 Å². The van der Waals surface area contributed by atoms with Gasteiger partial charge in [0.25, 0.3) is 5.91 Å². The fraction of sp³-hybridized carbons (Fsp3) is 0.414. The third-order valence-electron chi connectivity index (χ3n) is 7.24. The lowest BCUT2D eigenvalue weighted by Gasteiger charge is -2.19. The average molecular weight is 635 g/mol. The molecule has 1 amide bonds. The van der Waals surface area contributed by atoms with Crippen LogP contribution in [0.4, 0.5) is 8.78 Å². The molecule has 44 heavy (non-hydrogen) atoms. The van der Waals surface area contributed by atoms with Crippen molar-refractivity contribution in [3.05, 3.63) is 81.1 Å². The van der Waals surface area contributed by atoms with Gasteiger partial charge in [0.2, 0.25) is 15.5 Å². The number of sulfonamides is 1. The van der Waals surface area contributed by atoms with E-state index in [0.717, 1.165) is 17.8 Å². The Balaban J connectivity index is 1.67. The standard InChI is InChI=1S/C29H36F2N6O6S/c1-2-3-13-44(42,43)36-23(28(40)41)16-34-27(39)21-17-37(12-9-18-7-5-4-6-8-18)25-19(26(21)38)14-22(30)20(24(25)31)15-35-29-32-10-11-33-29/h4-8,14,17,23,29,32-33,35-36H,2-3,9-13,15-16H2,1H3,(H,34,39)(H,40,41). The zero-order valence-corrected chi connectivity index (χ0v) is 25.0. The van der Waals surface area contributed by atoms with Gasteiger partial charge in [-0.2, -0.15) is 4.72 Å². The highest BCUT2D eigenvalue weighted by molar-refractivity contribution is 7.89. The predicted octanol–water partition coefficient (Wildman–Crippen LogP) is 0.991. The Morgan fingerprint density at radius 1 is 1.16 bits per heavy atom. The second-order valence-corrected chi connectivity index (χ2v) is 12.3. The van der Waals surface area contributed by atoms with Gasteiger partial charge in [0.15, 0.2) is 5.82 Å². The molecule has 1 unspecified atom stereocenters. The molecule has 12 nitrogen and oxygen atoms in total. The number of hydrogen-bond donors (Lipinski definition) is 6. The molecule has 0 aliphatic carbocycles. The largest absolute Gasteiger partial charge is 0.480 e. The number of benzene rings is 2. The minimum atomic E-state index is -3.95. The Kier molecular flexibility index (Phi) is 11.2. The first-order valence-corrected chi connectivity index (χ1v) is 15.9. The van der Waals surface area contributed by atoms with Crippen molar-refractivity contribution < 1.29 is 31.9 Å². The number of carbonyl (C=O) groups is 2. The van der Waals surface area contributed by atoms with Gasteiger partial charge >= 0.3 is 5.97 Å². The number of hydrogen-bond acceptors (Lipinski definition) is 8. The summed E-state index contributed by atoms with van der Waals surface area (Å²) in [6.45, 7) is 2.42. The lowest BCUT2D eigenvalue weighted by molar-refractivity contribution is -0.138. The van der Waals surface area contributed by atoms with E-state index in [9.17, 15) is 27.9 Å². The topological polar surface area (TPSA) is 171 Å². The second-order valence-electron chi connectivity index (χ2n) is 10.5. The van der Waals surface area contributed by atoms with E-state index in [1.807, 2.05) is 35.1 Å². The van der Waals surface area contributed by atoms with E-state index in [0.29, 0.717) is 32.4 Å². The van der Waals surface area contributed by atoms with Crippen molar-refractivity contribution in [1.82, 2.24) is 30.6 Å². The SMILES string of the molecule is CCCCS(=O)(=O)NC(CNC(=O)c1cn(CCc2ccccc2)c2c(F)c(CNC3NCCN3)c(F)cc2c1=O)C(=O)O. The number of rotatable bonds is 15. The third kappa shape index (κ3) is 8.24. The number of fused-ring (bicyclic) bond motifs is 1. The number of carboxylic acids is 1. The summed E-state index contributed by atoms with van der Waals surface area (Å²) >= 11 is 0. The fourth-order valence-corrected chi connectivity index (χ4v) is 6.26. The first kappa shape index (κ1) is 33.1. The normalized spacial score (nSPS) is 14.6. The average Bonchev–Trinajstić information content (AvgIpc) is 3.52. The summed E-state index contributed by atoms with van der Waals surface area (Å²) in [6.07, 6.45) is 2.08. The number of carboxylic acid groups (broad SMARTS) is 1. The Labute approximate surface area is 253 Å². The Morgan fingerprint density at radius 2 is 1.86 bits per heavy atom. The number of halogens is 2. The van der Waals surface area contributed by atoms with Crippen LogP contribution in [0.2, 0.25) is 0 Å².